The molecule has 0 saturated carbocycles. The number of imidazole rings is 1. The molecule has 0 unspecified atom stereocenters. The summed E-state index contributed by atoms with van der Waals surface area (Å²) >= 11 is 1.41. The number of rotatable bonds is 2. The Bertz CT molecular complexity index is 632. The van der Waals surface area contributed by atoms with Gasteiger partial charge in [0.2, 0.25) is 5.82 Å². The van der Waals surface area contributed by atoms with Crippen LogP contribution in [0.4, 0.5) is 11.6 Å². The number of anilines is 1. The summed E-state index contributed by atoms with van der Waals surface area (Å²) in [7, 11) is 0. The van der Waals surface area contributed by atoms with E-state index in [-0.39, 0.29) is 16.3 Å². The van der Waals surface area contributed by atoms with Gasteiger partial charge in [0.15, 0.2) is 0 Å². The van der Waals surface area contributed by atoms with Crippen molar-refractivity contribution in [1.82, 2.24) is 14.7 Å². The van der Waals surface area contributed by atoms with Gasteiger partial charge in [0, 0.05) is 30.6 Å². The second-order valence-electron chi connectivity index (χ2n) is 5.21. The topological polar surface area (TPSA) is 75.7 Å². The van der Waals surface area contributed by atoms with E-state index in [4.69, 9.17) is 0 Å². The number of nitrogens with one attached hydrogen (secondary N) is 1. The maximum absolute atomic E-state index is 11.4. The van der Waals surface area contributed by atoms with Gasteiger partial charge in [0.25, 0.3) is 4.96 Å². The quantitative estimate of drug-likeness (QED) is 0.666. The van der Waals surface area contributed by atoms with Crippen LogP contribution < -0.4 is 10.2 Å². The molecule has 1 aliphatic rings. The molecule has 19 heavy (non-hydrogen) atoms. The van der Waals surface area contributed by atoms with E-state index in [1.54, 1.807) is 10.6 Å². The molecule has 0 amide bonds. The summed E-state index contributed by atoms with van der Waals surface area (Å²) in [5.74, 6) is 0.537. The maximum atomic E-state index is 11.4. The van der Waals surface area contributed by atoms with E-state index in [0.29, 0.717) is 10.8 Å². The minimum absolute atomic E-state index is 0.0613. The van der Waals surface area contributed by atoms with E-state index < -0.39 is 0 Å². The molecule has 0 aromatic carbocycles. The lowest BCUT2D eigenvalue weighted by molar-refractivity contribution is -0.389. The Morgan fingerprint density at radius 1 is 1.58 bits per heavy atom. The third-order valence-electron chi connectivity index (χ3n) is 3.45. The van der Waals surface area contributed by atoms with Crippen molar-refractivity contribution in [2.24, 2.45) is 0 Å². The van der Waals surface area contributed by atoms with E-state index in [9.17, 15) is 10.1 Å². The van der Waals surface area contributed by atoms with Crippen LogP contribution in [-0.4, -0.2) is 39.5 Å². The molecule has 8 heteroatoms. The van der Waals surface area contributed by atoms with Crippen LogP contribution in [0.1, 0.15) is 13.8 Å². The van der Waals surface area contributed by atoms with Crippen LogP contribution in [0.5, 0.6) is 0 Å². The van der Waals surface area contributed by atoms with E-state index in [1.807, 2.05) is 10.3 Å². The Balaban J connectivity index is 2.16. The summed E-state index contributed by atoms with van der Waals surface area (Å²) in [6, 6.07) is 0. The van der Waals surface area contributed by atoms with Crippen LogP contribution in [-0.2, 0) is 0 Å². The van der Waals surface area contributed by atoms with Crippen LogP contribution in [0.15, 0.2) is 11.6 Å². The van der Waals surface area contributed by atoms with Gasteiger partial charge < -0.3 is 20.3 Å². The number of hydrogen-bond donors (Lipinski definition) is 1. The molecule has 1 N–H and O–H groups in total. The van der Waals surface area contributed by atoms with Crippen molar-refractivity contribution >= 4 is 27.9 Å². The lowest BCUT2D eigenvalue weighted by Gasteiger charge is -2.42. The normalized spacial score (nSPS) is 18.9. The standard InChI is InChI=1S/C11H15N5O2S/c1-11(2)7-12-3-4-15(11)8-9(16(17)18)14-5-6-19-10(14)13-8/h5-6,12H,3-4,7H2,1-2H3. The fourth-order valence-corrected chi connectivity index (χ4v) is 3.19. The summed E-state index contributed by atoms with van der Waals surface area (Å²) in [6.45, 7) is 6.45. The van der Waals surface area contributed by atoms with Gasteiger partial charge in [-0.1, -0.05) is 11.3 Å². The SMILES string of the molecule is CC1(C)CNCCN1c1nc2sccn2c1[N+](=O)[O-]. The molecule has 0 aliphatic carbocycles. The van der Waals surface area contributed by atoms with E-state index in [1.165, 1.54) is 11.3 Å². The van der Waals surface area contributed by atoms with Gasteiger partial charge in [-0.15, -0.1) is 0 Å². The molecule has 0 spiro atoms. The summed E-state index contributed by atoms with van der Waals surface area (Å²) in [5.41, 5.74) is -0.187. The lowest BCUT2D eigenvalue weighted by Crippen LogP contribution is -2.58. The molecule has 0 bridgehead atoms. The zero-order valence-electron chi connectivity index (χ0n) is 10.8. The number of hydrogen-bond acceptors (Lipinski definition) is 6. The van der Waals surface area contributed by atoms with Crippen molar-refractivity contribution in [3.8, 4) is 0 Å². The molecular formula is C11H15N5O2S. The van der Waals surface area contributed by atoms with Crippen LogP contribution in [0.25, 0.3) is 4.96 Å². The maximum Gasteiger partial charge on any atom is 0.373 e. The molecule has 0 atom stereocenters. The summed E-state index contributed by atoms with van der Waals surface area (Å²) in [5, 5.41) is 16.5. The smallest absolute Gasteiger partial charge is 0.358 e. The molecule has 0 radical (unpaired) electrons. The number of fused-ring (bicyclic) bond motifs is 1. The first-order valence-corrected chi connectivity index (χ1v) is 6.97. The Morgan fingerprint density at radius 2 is 2.37 bits per heavy atom. The molecule has 3 rings (SSSR count). The van der Waals surface area contributed by atoms with Crippen molar-refractivity contribution < 1.29 is 4.92 Å². The number of nitro groups is 1. The fraction of sp³-hybridized carbons (Fsp3) is 0.545. The van der Waals surface area contributed by atoms with Crippen molar-refractivity contribution in [1.29, 1.82) is 0 Å². The first-order valence-electron chi connectivity index (χ1n) is 6.09. The highest BCUT2D eigenvalue weighted by molar-refractivity contribution is 7.15. The third kappa shape index (κ3) is 1.87. The van der Waals surface area contributed by atoms with Crippen molar-refractivity contribution in [3.05, 3.63) is 21.7 Å². The first kappa shape index (κ1) is 12.4. The van der Waals surface area contributed by atoms with Crippen LogP contribution in [0, 0.1) is 10.1 Å². The third-order valence-corrected chi connectivity index (χ3v) is 4.20. The van der Waals surface area contributed by atoms with Gasteiger partial charge >= 0.3 is 5.82 Å². The highest BCUT2D eigenvalue weighted by Gasteiger charge is 2.37. The molecule has 1 aliphatic heterocycles. The van der Waals surface area contributed by atoms with E-state index >= 15 is 0 Å². The second kappa shape index (κ2) is 4.17. The zero-order valence-corrected chi connectivity index (χ0v) is 11.6. The molecule has 7 nitrogen and oxygen atoms in total. The van der Waals surface area contributed by atoms with E-state index in [0.717, 1.165) is 19.6 Å². The minimum atomic E-state index is -0.347. The molecule has 1 fully saturated rings. The van der Waals surface area contributed by atoms with Crippen molar-refractivity contribution in [2.45, 2.75) is 19.4 Å². The van der Waals surface area contributed by atoms with Gasteiger partial charge in [-0.05, 0) is 18.8 Å². The van der Waals surface area contributed by atoms with Gasteiger partial charge in [-0.3, -0.25) is 0 Å². The van der Waals surface area contributed by atoms with Gasteiger partial charge in [-0.2, -0.15) is 9.38 Å². The summed E-state index contributed by atoms with van der Waals surface area (Å²) in [4.78, 5) is 18.2. The number of nitrogens with zero attached hydrogens (tertiary/aromatic N) is 4. The highest BCUT2D eigenvalue weighted by atomic mass is 32.1. The summed E-state index contributed by atoms with van der Waals surface area (Å²) in [6.07, 6.45) is 1.70. The Kier molecular flexibility index (Phi) is 2.72. The average Bonchev–Trinajstić information content (AvgIpc) is 2.86. The predicted octanol–water partition coefficient (Wildman–Crippen LogP) is 1.49. The fourth-order valence-electron chi connectivity index (χ4n) is 2.49. The van der Waals surface area contributed by atoms with E-state index in [2.05, 4.69) is 24.1 Å². The largest absolute Gasteiger partial charge is 0.373 e. The molecule has 2 aromatic rings. The monoisotopic (exact) mass is 281 g/mol. The van der Waals surface area contributed by atoms with Crippen LogP contribution >= 0.6 is 11.3 Å². The van der Waals surface area contributed by atoms with Crippen molar-refractivity contribution in [2.75, 3.05) is 24.5 Å². The molecule has 2 aromatic heterocycles. The average molecular weight is 281 g/mol. The molecule has 1 saturated heterocycles. The minimum Gasteiger partial charge on any atom is -0.358 e. The Morgan fingerprint density at radius 3 is 3.05 bits per heavy atom. The van der Waals surface area contributed by atoms with Gasteiger partial charge in [-0.25, -0.2) is 0 Å². The highest BCUT2D eigenvalue weighted by Crippen LogP contribution is 2.35. The molecule has 102 valence electrons. The van der Waals surface area contributed by atoms with Crippen molar-refractivity contribution in [3.63, 3.8) is 0 Å². The van der Waals surface area contributed by atoms with Gasteiger partial charge in [0.05, 0.1) is 0 Å². The number of thiazole rings is 1. The second-order valence-corrected chi connectivity index (χ2v) is 6.09. The first-order chi connectivity index (χ1) is 9.00. The lowest BCUT2D eigenvalue weighted by atomic mass is 10.0. The number of piperazine rings is 1. The number of aromatic nitrogens is 2. The van der Waals surface area contributed by atoms with Gasteiger partial charge in [0.1, 0.15) is 6.20 Å². The van der Waals surface area contributed by atoms with Crippen LogP contribution in [0.3, 0.4) is 0 Å². The Hall–Kier alpha value is -1.67. The van der Waals surface area contributed by atoms with Crippen LogP contribution in [0.2, 0.25) is 0 Å². The Labute approximate surface area is 114 Å². The predicted molar refractivity (Wildman–Crippen MR) is 74.0 cm³/mol. The molecule has 3 heterocycles. The zero-order chi connectivity index (χ0) is 13.6. The summed E-state index contributed by atoms with van der Waals surface area (Å²) < 4.78 is 1.55. The molecular weight excluding hydrogens is 266 g/mol.